The number of benzene rings is 1. The van der Waals surface area contributed by atoms with Crippen molar-refractivity contribution in [2.24, 2.45) is 11.7 Å². The lowest BCUT2D eigenvalue weighted by molar-refractivity contribution is -0.122. The molecule has 8 heteroatoms. The topological polar surface area (TPSA) is 116 Å². The van der Waals surface area contributed by atoms with Crippen molar-refractivity contribution in [3.05, 3.63) is 41.6 Å². The van der Waals surface area contributed by atoms with E-state index in [1.807, 2.05) is 11.8 Å². The molecule has 1 aromatic carbocycles. The highest BCUT2D eigenvalue weighted by Gasteiger charge is 2.27. The second kappa shape index (κ2) is 8.69. The van der Waals surface area contributed by atoms with Crippen LogP contribution in [0.1, 0.15) is 37.1 Å². The summed E-state index contributed by atoms with van der Waals surface area (Å²) in [5.74, 6) is -0.269. The fourth-order valence-electron chi connectivity index (χ4n) is 3.34. The highest BCUT2D eigenvalue weighted by atomic mass is 16.2. The molecule has 1 aliphatic heterocycles. The average molecular weight is 394 g/mol. The summed E-state index contributed by atoms with van der Waals surface area (Å²) in [6, 6.07) is 9.02. The zero-order valence-corrected chi connectivity index (χ0v) is 16.6. The Balaban J connectivity index is 0.00000320. The lowest BCUT2D eigenvalue weighted by atomic mass is 9.98. The summed E-state index contributed by atoms with van der Waals surface area (Å²) in [4.78, 5) is 37.1. The van der Waals surface area contributed by atoms with E-state index in [2.05, 4.69) is 16.0 Å². The van der Waals surface area contributed by atoms with Crippen LogP contribution in [-0.4, -0.2) is 53.4 Å². The molecule has 2 aromatic rings. The molecule has 0 saturated carbocycles. The first-order valence-corrected chi connectivity index (χ1v) is 9.61. The Hall–Kier alpha value is -3.47. The van der Waals surface area contributed by atoms with E-state index in [1.165, 1.54) is 6.20 Å². The molecule has 2 amide bonds. The van der Waals surface area contributed by atoms with Gasteiger partial charge in [-0.05, 0) is 31.9 Å². The monoisotopic (exact) mass is 394 g/mol. The Morgan fingerprint density at radius 2 is 2.10 bits per heavy atom. The Kier molecular flexibility index (Phi) is 6.07. The molecule has 2 N–H and O–H groups in total. The lowest BCUT2D eigenvalue weighted by Gasteiger charge is -2.31. The summed E-state index contributed by atoms with van der Waals surface area (Å²) in [5, 5.41) is 9.05. The molecular weight excluding hydrogens is 368 g/mol. The van der Waals surface area contributed by atoms with Crippen molar-refractivity contribution in [3.8, 4) is 17.3 Å². The normalized spacial score (nSPS) is 16.2. The quantitative estimate of drug-likeness (QED) is 0.830. The van der Waals surface area contributed by atoms with Crippen LogP contribution in [-0.2, 0) is 4.79 Å². The molecule has 1 fully saturated rings. The van der Waals surface area contributed by atoms with Crippen molar-refractivity contribution in [1.82, 2.24) is 14.9 Å². The van der Waals surface area contributed by atoms with Crippen LogP contribution in [0.25, 0.3) is 11.3 Å². The van der Waals surface area contributed by atoms with Crippen molar-refractivity contribution >= 4 is 17.8 Å². The van der Waals surface area contributed by atoms with Crippen LogP contribution in [0.4, 0.5) is 5.95 Å². The number of aromatic nitrogens is 2. The molecule has 0 radical (unpaired) electrons. The van der Waals surface area contributed by atoms with Crippen LogP contribution in [0.5, 0.6) is 0 Å². The standard InChI is InChI=1S/C21H24N6O2.H2/c1-3-26(2)20(29)17-12-24-21(27-10-4-5-16(13-27)19(23)28)25-18(17)15-8-6-14(11-22)7-9-15;/h6-9,12,16H,3-5,10,13H2,1-2H3,(H2,23,28);1H. The molecule has 0 spiro atoms. The van der Waals surface area contributed by atoms with Crippen LogP contribution in [0.3, 0.4) is 0 Å². The molecule has 1 atom stereocenters. The number of piperidine rings is 1. The zero-order chi connectivity index (χ0) is 21.0. The van der Waals surface area contributed by atoms with E-state index in [0.717, 1.165) is 24.9 Å². The van der Waals surface area contributed by atoms with Gasteiger partial charge in [-0.25, -0.2) is 9.97 Å². The highest BCUT2D eigenvalue weighted by molar-refractivity contribution is 5.99. The van der Waals surface area contributed by atoms with Crippen LogP contribution in [0.15, 0.2) is 30.5 Å². The van der Waals surface area contributed by atoms with Crippen molar-refractivity contribution in [1.29, 1.82) is 5.26 Å². The van der Waals surface area contributed by atoms with Crippen molar-refractivity contribution in [3.63, 3.8) is 0 Å². The molecule has 0 bridgehead atoms. The number of nitrogens with two attached hydrogens (primary N) is 1. The summed E-state index contributed by atoms with van der Waals surface area (Å²) < 4.78 is 0. The summed E-state index contributed by atoms with van der Waals surface area (Å²) >= 11 is 0. The van der Waals surface area contributed by atoms with Crippen molar-refractivity contribution in [2.75, 3.05) is 31.6 Å². The Bertz CT molecular complexity index is 957. The van der Waals surface area contributed by atoms with E-state index >= 15 is 0 Å². The number of amides is 2. The molecular formula is C21H26N6O2. The fourth-order valence-corrected chi connectivity index (χ4v) is 3.34. The van der Waals surface area contributed by atoms with E-state index in [-0.39, 0.29) is 19.2 Å². The van der Waals surface area contributed by atoms with Gasteiger partial charge in [-0.3, -0.25) is 9.59 Å². The summed E-state index contributed by atoms with van der Waals surface area (Å²) in [5.41, 5.74) is 7.64. The van der Waals surface area contributed by atoms with Crippen LogP contribution in [0.2, 0.25) is 0 Å². The van der Waals surface area contributed by atoms with Crippen molar-refractivity contribution < 1.29 is 11.0 Å². The molecule has 0 aliphatic carbocycles. The number of carbonyl (C=O) groups is 2. The molecule has 152 valence electrons. The maximum Gasteiger partial charge on any atom is 0.257 e. The van der Waals surface area contributed by atoms with Gasteiger partial charge in [0.15, 0.2) is 0 Å². The minimum atomic E-state index is -0.321. The largest absolute Gasteiger partial charge is 0.369 e. The van der Waals surface area contributed by atoms with Gasteiger partial charge >= 0.3 is 0 Å². The maximum absolute atomic E-state index is 12.8. The van der Waals surface area contributed by atoms with Gasteiger partial charge in [0.25, 0.3) is 5.91 Å². The number of rotatable bonds is 5. The summed E-state index contributed by atoms with van der Waals surface area (Å²) in [7, 11) is 1.72. The number of primary amides is 1. The minimum Gasteiger partial charge on any atom is -0.369 e. The van der Waals surface area contributed by atoms with Gasteiger partial charge in [-0.15, -0.1) is 0 Å². The van der Waals surface area contributed by atoms with Gasteiger partial charge in [0.05, 0.1) is 28.8 Å². The zero-order valence-electron chi connectivity index (χ0n) is 16.6. The van der Waals surface area contributed by atoms with Crippen molar-refractivity contribution in [2.45, 2.75) is 19.8 Å². The van der Waals surface area contributed by atoms with Gasteiger partial charge < -0.3 is 15.5 Å². The molecule has 29 heavy (non-hydrogen) atoms. The van der Waals surface area contributed by atoms with Crippen LogP contribution >= 0.6 is 0 Å². The second-order valence-electron chi connectivity index (χ2n) is 7.13. The predicted octanol–water partition coefficient (Wildman–Crippen LogP) is 2.05. The van der Waals surface area contributed by atoms with E-state index < -0.39 is 0 Å². The molecule has 1 saturated heterocycles. The van der Waals surface area contributed by atoms with E-state index in [4.69, 9.17) is 11.0 Å². The minimum absolute atomic E-state index is 0. The lowest BCUT2D eigenvalue weighted by Crippen LogP contribution is -2.42. The summed E-state index contributed by atoms with van der Waals surface area (Å²) in [6.45, 7) is 3.63. The molecule has 1 aromatic heterocycles. The van der Waals surface area contributed by atoms with Crippen LogP contribution < -0.4 is 10.6 Å². The average Bonchev–Trinajstić information content (AvgIpc) is 2.77. The molecule has 1 unspecified atom stereocenters. The third kappa shape index (κ3) is 4.35. The number of nitriles is 1. The molecule has 2 heterocycles. The second-order valence-corrected chi connectivity index (χ2v) is 7.13. The molecule has 8 nitrogen and oxygen atoms in total. The SMILES string of the molecule is CCN(C)C(=O)c1cnc(N2CCCC(C(N)=O)C2)nc1-c1ccc(C#N)cc1.[HH]. The van der Waals surface area contributed by atoms with Gasteiger partial charge in [-0.2, -0.15) is 5.26 Å². The number of hydrogen-bond donors (Lipinski definition) is 1. The van der Waals surface area contributed by atoms with Gasteiger partial charge in [-0.1, -0.05) is 12.1 Å². The van der Waals surface area contributed by atoms with Gasteiger partial charge in [0.1, 0.15) is 0 Å². The van der Waals surface area contributed by atoms with Gasteiger partial charge in [0.2, 0.25) is 11.9 Å². The Morgan fingerprint density at radius 1 is 1.38 bits per heavy atom. The number of carbonyl (C=O) groups excluding carboxylic acids is 2. The number of anilines is 1. The molecule has 1 aliphatic rings. The highest BCUT2D eigenvalue weighted by Crippen LogP contribution is 2.27. The fraction of sp³-hybridized carbons (Fsp3) is 0.381. The van der Waals surface area contributed by atoms with E-state index in [1.54, 1.807) is 36.2 Å². The third-order valence-electron chi connectivity index (χ3n) is 5.22. The maximum atomic E-state index is 12.8. The van der Waals surface area contributed by atoms with Crippen LogP contribution in [0, 0.1) is 17.2 Å². The van der Waals surface area contributed by atoms with E-state index in [9.17, 15) is 9.59 Å². The summed E-state index contributed by atoms with van der Waals surface area (Å²) in [6.07, 6.45) is 3.12. The first-order chi connectivity index (χ1) is 13.9. The molecule has 3 rings (SSSR count). The number of hydrogen-bond acceptors (Lipinski definition) is 6. The first-order valence-electron chi connectivity index (χ1n) is 9.61. The smallest absolute Gasteiger partial charge is 0.257 e. The van der Waals surface area contributed by atoms with Gasteiger partial charge in [0, 0.05) is 39.9 Å². The predicted molar refractivity (Wildman–Crippen MR) is 111 cm³/mol. The van der Waals surface area contributed by atoms with E-state index in [0.29, 0.717) is 35.9 Å². The Labute approximate surface area is 171 Å². The Morgan fingerprint density at radius 3 is 2.72 bits per heavy atom. The first kappa shape index (κ1) is 20.3. The third-order valence-corrected chi connectivity index (χ3v) is 5.22. The number of nitrogens with zero attached hydrogens (tertiary/aromatic N) is 5.